The van der Waals surface area contributed by atoms with Crippen LogP contribution in [0, 0.1) is 11.8 Å². The first-order valence-electron chi connectivity index (χ1n) is 9.56. The van der Waals surface area contributed by atoms with Gasteiger partial charge in [-0.1, -0.05) is 18.2 Å². The van der Waals surface area contributed by atoms with Crippen LogP contribution in [0.3, 0.4) is 0 Å². The summed E-state index contributed by atoms with van der Waals surface area (Å²) < 4.78 is 0. The molecular weight excluding hydrogens is 330 g/mol. The van der Waals surface area contributed by atoms with Gasteiger partial charge in [-0.15, -0.1) is 0 Å². The van der Waals surface area contributed by atoms with Gasteiger partial charge >= 0.3 is 0 Å². The van der Waals surface area contributed by atoms with Crippen molar-refractivity contribution in [1.82, 2.24) is 10.2 Å². The molecule has 1 aromatic carbocycles. The fourth-order valence-electron chi connectivity index (χ4n) is 3.93. The van der Waals surface area contributed by atoms with Crippen LogP contribution in [-0.2, 0) is 14.4 Å². The van der Waals surface area contributed by atoms with Crippen molar-refractivity contribution < 1.29 is 14.4 Å². The molecule has 0 bridgehead atoms. The van der Waals surface area contributed by atoms with Crippen LogP contribution in [0.25, 0.3) is 0 Å². The van der Waals surface area contributed by atoms with Crippen molar-refractivity contribution >= 4 is 23.4 Å². The van der Waals surface area contributed by atoms with Gasteiger partial charge in [-0.3, -0.25) is 14.4 Å². The highest BCUT2D eigenvalue weighted by molar-refractivity contribution is 6.00. The Balaban J connectivity index is 1.37. The molecule has 3 aliphatic rings. The third-order valence-corrected chi connectivity index (χ3v) is 5.57. The van der Waals surface area contributed by atoms with E-state index >= 15 is 0 Å². The molecule has 3 amide bonds. The predicted octanol–water partition coefficient (Wildman–Crippen LogP) is 1.56. The second kappa shape index (κ2) is 7.09. The number of piperidine rings is 1. The van der Waals surface area contributed by atoms with Gasteiger partial charge in [0, 0.05) is 37.8 Å². The Bertz CT molecular complexity index is 702. The van der Waals surface area contributed by atoms with Gasteiger partial charge in [-0.2, -0.15) is 0 Å². The summed E-state index contributed by atoms with van der Waals surface area (Å²) >= 11 is 0. The van der Waals surface area contributed by atoms with Crippen molar-refractivity contribution in [2.75, 3.05) is 24.5 Å². The van der Waals surface area contributed by atoms with Gasteiger partial charge in [0.05, 0.1) is 11.8 Å². The second-order valence-corrected chi connectivity index (χ2v) is 7.65. The van der Waals surface area contributed by atoms with E-state index in [0.717, 1.165) is 31.4 Å². The van der Waals surface area contributed by atoms with Crippen LogP contribution in [0.1, 0.15) is 32.1 Å². The Labute approximate surface area is 153 Å². The van der Waals surface area contributed by atoms with E-state index < -0.39 is 0 Å². The maximum absolute atomic E-state index is 12.9. The smallest absolute Gasteiger partial charge is 0.228 e. The van der Waals surface area contributed by atoms with Gasteiger partial charge in [-0.05, 0) is 37.8 Å². The summed E-state index contributed by atoms with van der Waals surface area (Å²) in [5, 5.41) is 3.05. The zero-order chi connectivity index (χ0) is 18.1. The molecular formula is C20H25N3O3. The summed E-state index contributed by atoms with van der Waals surface area (Å²) in [6.45, 7) is 1.59. The van der Waals surface area contributed by atoms with E-state index in [4.69, 9.17) is 0 Å². The van der Waals surface area contributed by atoms with Gasteiger partial charge in [0.2, 0.25) is 17.7 Å². The first-order chi connectivity index (χ1) is 12.6. The first-order valence-corrected chi connectivity index (χ1v) is 9.56. The number of anilines is 1. The van der Waals surface area contributed by atoms with Crippen LogP contribution >= 0.6 is 0 Å². The van der Waals surface area contributed by atoms with Crippen molar-refractivity contribution in [2.45, 2.75) is 38.1 Å². The van der Waals surface area contributed by atoms with Crippen LogP contribution in [0.4, 0.5) is 5.69 Å². The predicted molar refractivity (Wildman–Crippen MR) is 97.4 cm³/mol. The average Bonchev–Trinajstić information content (AvgIpc) is 3.40. The van der Waals surface area contributed by atoms with Gasteiger partial charge in [-0.25, -0.2) is 0 Å². The lowest BCUT2D eigenvalue weighted by molar-refractivity contribution is -0.139. The van der Waals surface area contributed by atoms with E-state index in [1.807, 2.05) is 30.3 Å². The third kappa shape index (κ3) is 3.59. The molecule has 2 aliphatic heterocycles. The molecule has 0 aromatic heterocycles. The van der Waals surface area contributed by atoms with E-state index in [-0.39, 0.29) is 36.0 Å². The largest absolute Gasteiger partial charge is 0.353 e. The number of rotatable bonds is 4. The van der Waals surface area contributed by atoms with Gasteiger partial charge in [0.25, 0.3) is 0 Å². The SMILES string of the molecule is O=C(NC1CC1)[C@H]1CCCN(C(=O)[C@@H]2CC(=O)N(c3ccccc3)C2)C1. The molecule has 2 heterocycles. The Hall–Kier alpha value is -2.37. The number of likely N-dealkylation sites (tertiary alicyclic amines) is 1. The zero-order valence-electron chi connectivity index (χ0n) is 14.9. The molecule has 4 rings (SSSR count). The topological polar surface area (TPSA) is 69.7 Å². The molecule has 6 nitrogen and oxygen atoms in total. The minimum atomic E-state index is -0.312. The number of carbonyl (C=O) groups is 3. The summed E-state index contributed by atoms with van der Waals surface area (Å²) in [4.78, 5) is 41.1. The van der Waals surface area contributed by atoms with Crippen LogP contribution in [0.2, 0.25) is 0 Å². The molecule has 0 radical (unpaired) electrons. The summed E-state index contributed by atoms with van der Waals surface area (Å²) in [6.07, 6.45) is 4.07. The van der Waals surface area contributed by atoms with Crippen LogP contribution in [-0.4, -0.2) is 48.3 Å². The zero-order valence-corrected chi connectivity index (χ0v) is 14.9. The number of carbonyl (C=O) groups excluding carboxylic acids is 3. The lowest BCUT2D eigenvalue weighted by Gasteiger charge is -2.33. The van der Waals surface area contributed by atoms with Crippen molar-refractivity contribution in [3.05, 3.63) is 30.3 Å². The monoisotopic (exact) mass is 355 g/mol. The van der Waals surface area contributed by atoms with E-state index in [1.54, 1.807) is 9.80 Å². The molecule has 3 fully saturated rings. The third-order valence-electron chi connectivity index (χ3n) is 5.57. The molecule has 1 saturated carbocycles. The summed E-state index contributed by atoms with van der Waals surface area (Å²) in [5.74, 6) is -0.336. The quantitative estimate of drug-likeness (QED) is 0.891. The van der Waals surface area contributed by atoms with Crippen LogP contribution in [0.5, 0.6) is 0 Å². The van der Waals surface area contributed by atoms with Crippen molar-refractivity contribution in [1.29, 1.82) is 0 Å². The van der Waals surface area contributed by atoms with E-state index in [0.29, 0.717) is 25.7 Å². The summed E-state index contributed by atoms with van der Waals surface area (Å²) in [6, 6.07) is 9.83. The Morgan fingerprint density at radius 2 is 1.77 bits per heavy atom. The molecule has 0 unspecified atom stereocenters. The molecule has 1 N–H and O–H groups in total. The molecule has 26 heavy (non-hydrogen) atoms. The molecule has 1 aromatic rings. The number of benzene rings is 1. The van der Waals surface area contributed by atoms with Crippen molar-refractivity contribution in [2.24, 2.45) is 11.8 Å². The van der Waals surface area contributed by atoms with Crippen molar-refractivity contribution in [3.63, 3.8) is 0 Å². The standard InChI is InChI=1S/C20H25N3O3/c24-18-11-15(13-23(18)17-6-2-1-3-7-17)20(26)22-10-4-5-14(12-22)19(25)21-16-8-9-16/h1-3,6-7,14-16H,4-5,8-13H2,(H,21,25)/t14-,15+/m0/s1. The highest BCUT2D eigenvalue weighted by Gasteiger charge is 2.39. The van der Waals surface area contributed by atoms with Crippen LogP contribution < -0.4 is 10.2 Å². The average molecular weight is 355 g/mol. The van der Waals surface area contributed by atoms with Gasteiger partial charge in [0.1, 0.15) is 0 Å². The first kappa shape index (κ1) is 17.1. The molecule has 2 saturated heterocycles. The number of nitrogens with one attached hydrogen (secondary N) is 1. The fourth-order valence-corrected chi connectivity index (χ4v) is 3.93. The Kier molecular flexibility index (Phi) is 4.66. The highest BCUT2D eigenvalue weighted by Crippen LogP contribution is 2.28. The summed E-state index contributed by atoms with van der Waals surface area (Å²) in [7, 11) is 0. The lowest BCUT2D eigenvalue weighted by atomic mass is 9.95. The number of nitrogens with zero attached hydrogens (tertiary/aromatic N) is 2. The molecule has 138 valence electrons. The molecule has 1 aliphatic carbocycles. The minimum absolute atomic E-state index is 0.00501. The molecule has 2 atom stereocenters. The number of amides is 3. The van der Waals surface area contributed by atoms with Crippen LogP contribution in [0.15, 0.2) is 30.3 Å². The Morgan fingerprint density at radius 3 is 2.50 bits per heavy atom. The normalized spacial score (nSPS) is 26.1. The highest BCUT2D eigenvalue weighted by atomic mass is 16.2. The van der Waals surface area contributed by atoms with E-state index in [9.17, 15) is 14.4 Å². The summed E-state index contributed by atoms with van der Waals surface area (Å²) in [5.41, 5.74) is 0.841. The van der Waals surface area contributed by atoms with Gasteiger partial charge < -0.3 is 15.1 Å². The number of hydrogen-bond donors (Lipinski definition) is 1. The Morgan fingerprint density at radius 1 is 1.00 bits per heavy atom. The molecule has 0 spiro atoms. The number of hydrogen-bond acceptors (Lipinski definition) is 3. The molecule has 6 heteroatoms. The van der Waals surface area contributed by atoms with Crippen molar-refractivity contribution in [3.8, 4) is 0 Å². The van der Waals surface area contributed by atoms with E-state index in [2.05, 4.69) is 5.32 Å². The van der Waals surface area contributed by atoms with Gasteiger partial charge in [0.15, 0.2) is 0 Å². The minimum Gasteiger partial charge on any atom is -0.353 e. The van der Waals surface area contributed by atoms with E-state index in [1.165, 1.54) is 0 Å². The fraction of sp³-hybridized carbons (Fsp3) is 0.550. The number of para-hydroxylation sites is 1. The maximum atomic E-state index is 12.9. The maximum Gasteiger partial charge on any atom is 0.228 e. The lowest BCUT2D eigenvalue weighted by Crippen LogP contribution is -2.48. The second-order valence-electron chi connectivity index (χ2n) is 7.65.